The number of carbonyl (C=O) groups is 1. The topological polar surface area (TPSA) is 71.3 Å². The number of ether oxygens (including phenoxy) is 2. The number of hydrogen-bond acceptors (Lipinski definition) is 4. The molecule has 0 unspecified atom stereocenters. The molecule has 0 aliphatic carbocycles. The van der Waals surface area contributed by atoms with Gasteiger partial charge in [0.25, 0.3) is 0 Å². The fourth-order valence-corrected chi connectivity index (χ4v) is 2.27. The van der Waals surface area contributed by atoms with Gasteiger partial charge in [-0.25, -0.2) is 0 Å². The zero-order valence-electron chi connectivity index (χ0n) is 13.0. The monoisotopic (exact) mass is 434 g/mol. The number of carbonyl (C=O) groups excluding carboxylic acids is 1. The predicted molar refractivity (Wildman–Crippen MR) is 101 cm³/mol. The van der Waals surface area contributed by atoms with Crippen LogP contribution in [0.4, 0.5) is 5.69 Å². The van der Waals surface area contributed by atoms with Gasteiger partial charge in [0.05, 0.1) is 7.11 Å². The van der Waals surface area contributed by atoms with Crippen molar-refractivity contribution in [3.63, 3.8) is 0 Å². The first-order valence-corrected chi connectivity index (χ1v) is 8.12. The van der Waals surface area contributed by atoms with Crippen LogP contribution in [0.3, 0.4) is 0 Å². The summed E-state index contributed by atoms with van der Waals surface area (Å²) < 4.78 is 11.6. The highest BCUT2D eigenvalue weighted by molar-refractivity contribution is 14.1. The molecule has 2 rings (SSSR count). The Morgan fingerprint density at radius 3 is 2.67 bits per heavy atom. The summed E-state index contributed by atoms with van der Waals surface area (Å²) in [6.07, 6.45) is 3.13. The Bertz CT molecular complexity index is 780. The summed E-state index contributed by atoms with van der Waals surface area (Å²) in [5, 5.41) is 11.3. The number of nitrogens with one attached hydrogen (secondary N) is 1. The number of nitrogens with zero attached hydrogens (tertiary/aromatic N) is 1. The first kappa shape index (κ1) is 17.8. The van der Waals surface area contributed by atoms with Crippen LogP contribution >= 0.6 is 22.6 Å². The maximum absolute atomic E-state index is 11.9. The minimum absolute atomic E-state index is 0.0516. The Hall–Kier alpha value is -2.53. The molecule has 0 spiro atoms. The zero-order valence-corrected chi connectivity index (χ0v) is 15.1. The predicted octanol–water partition coefficient (Wildman–Crippen LogP) is 3.85. The summed E-state index contributed by atoms with van der Waals surface area (Å²) in [5.74, 6) is 0.768. The van der Waals surface area contributed by atoms with Gasteiger partial charge in [0.1, 0.15) is 6.07 Å². The molecule has 2 aromatic rings. The van der Waals surface area contributed by atoms with E-state index < -0.39 is 0 Å². The molecule has 0 atom stereocenters. The Morgan fingerprint density at radius 2 is 2.00 bits per heavy atom. The third kappa shape index (κ3) is 5.28. The Labute approximate surface area is 154 Å². The molecule has 0 fully saturated rings. The maximum Gasteiger partial charge on any atom is 0.248 e. The third-order valence-electron chi connectivity index (χ3n) is 3.02. The average molecular weight is 434 g/mol. The molecular formula is C18H15IN2O3. The van der Waals surface area contributed by atoms with E-state index in [4.69, 9.17) is 14.7 Å². The van der Waals surface area contributed by atoms with E-state index in [1.54, 1.807) is 24.3 Å². The van der Waals surface area contributed by atoms with Crippen LogP contribution in [0, 0.1) is 14.9 Å². The van der Waals surface area contributed by atoms with E-state index in [-0.39, 0.29) is 12.5 Å². The fraction of sp³-hybridized carbons (Fsp3) is 0.111. The van der Waals surface area contributed by atoms with E-state index in [0.29, 0.717) is 11.5 Å². The molecule has 0 bridgehead atoms. The molecule has 2 aromatic carbocycles. The summed E-state index contributed by atoms with van der Waals surface area (Å²) in [5.41, 5.74) is 1.52. The molecule has 0 aromatic heterocycles. The Kier molecular flexibility index (Phi) is 6.63. The number of nitriles is 1. The average Bonchev–Trinajstić information content (AvgIpc) is 2.60. The van der Waals surface area contributed by atoms with Gasteiger partial charge in [-0.1, -0.05) is 6.07 Å². The van der Waals surface area contributed by atoms with Crippen molar-refractivity contribution in [3.05, 3.63) is 57.7 Å². The standard InChI is InChI=1S/C18H15IN2O3/c1-23-17-12-13(2-8-16(17)24-11-10-20)3-9-18(22)21-15-6-4-14(19)5-7-15/h2-9,12H,11H2,1H3,(H,21,22)/b9-3+. The minimum Gasteiger partial charge on any atom is -0.493 e. The van der Waals surface area contributed by atoms with Gasteiger partial charge in [-0.3, -0.25) is 4.79 Å². The molecule has 0 saturated heterocycles. The van der Waals surface area contributed by atoms with Gasteiger partial charge in [0.15, 0.2) is 18.1 Å². The summed E-state index contributed by atoms with van der Waals surface area (Å²) >= 11 is 2.21. The van der Waals surface area contributed by atoms with Crippen LogP contribution in [-0.2, 0) is 4.79 Å². The van der Waals surface area contributed by atoms with Crippen molar-refractivity contribution >= 4 is 40.3 Å². The molecule has 0 heterocycles. The normalized spacial score (nSPS) is 10.2. The van der Waals surface area contributed by atoms with Crippen molar-refractivity contribution < 1.29 is 14.3 Å². The van der Waals surface area contributed by atoms with Crippen molar-refractivity contribution in [2.75, 3.05) is 19.0 Å². The quantitative estimate of drug-likeness (QED) is 0.554. The van der Waals surface area contributed by atoms with Crippen LogP contribution in [0.25, 0.3) is 6.08 Å². The Morgan fingerprint density at radius 1 is 1.25 bits per heavy atom. The lowest BCUT2D eigenvalue weighted by molar-refractivity contribution is -0.111. The first-order chi connectivity index (χ1) is 11.6. The van der Waals surface area contributed by atoms with Crippen LogP contribution in [0.1, 0.15) is 5.56 Å². The second-order valence-electron chi connectivity index (χ2n) is 4.69. The molecule has 24 heavy (non-hydrogen) atoms. The van der Waals surface area contributed by atoms with Gasteiger partial charge in [-0.05, 0) is 70.6 Å². The zero-order chi connectivity index (χ0) is 17.4. The first-order valence-electron chi connectivity index (χ1n) is 7.05. The number of benzene rings is 2. The minimum atomic E-state index is -0.222. The SMILES string of the molecule is COc1cc(/C=C/C(=O)Nc2ccc(I)cc2)ccc1OCC#N. The lowest BCUT2D eigenvalue weighted by Gasteiger charge is -2.08. The van der Waals surface area contributed by atoms with Crippen LogP contribution in [-0.4, -0.2) is 19.6 Å². The van der Waals surface area contributed by atoms with Gasteiger partial charge in [0.2, 0.25) is 5.91 Å². The van der Waals surface area contributed by atoms with Crippen molar-refractivity contribution in [1.82, 2.24) is 0 Å². The number of rotatable bonds is 6. The van der Waals surface area contributed by atoms with Crippen LogP contribution < -0.4 is 14.8 Å². The number of amides is 1. The molecule has 0 aliphatic heterocycles. The fourth-order valence-electron chi connectivity index (χ4n) is 1.91. The van der Waals surface area contributed by atoms with Gasteiger partial charge < -0.3 is 14.8 Å². The van der Waals surface area contributed by atoms with Crippen molar-refractivity contribution in [3.8, 4) is 17.6 Å². The largest absolute Gasteiger partial charge is 0.493 e. The molecular weight excluding hydrogens is 419 g/mol. The lowest BCUT2D eigenvalue weighted by atomic mass is 10.2. The molecule has 0 saturated carbocycles. The van der Waals surface area contributed by atoms with Gasteiger partial charge in [-0.15, -0.1) is 0 Å². The highest BCUT2D eigenvalue weighted by Crippen LogP contribution is 2.28. The van der Waals surface area contributed by atoms with Crippen molar-refractivity contribution in [2.45, 2.75) is 0 Å². The molecule has 5 nitrogen and oxygen atoms in total. The number of halogens is 1. The van der Waals surface area contributed by atoms with Gasteiger partial charge >= 0.3 is 0 Å². The van der Waals surface area contributed by atoms with Crippen LogP contribution in [0.2, 0.25) is 0 Å². The molecule has 0 radical (unpaired) electrons. The van der Waals surface area contributed by atoms with E-state index in [1.807, 2.05) is 30.3 Å². The number of methoxy groups -OCH3 is 1. The summed E-state index contributed by atoms with van der Waals surface area (Å²) in [7, 11) is 1.52. The number of hydrogen-bond donors (Lipinski definition) is 1. The van der Waals surface area contributed by atoms with Crippen LogP contribution in [0.5, 0.6) is 11.5 Å². The highest BCUT2D eigenvalue weighted by atomic mass is 127. The maximum atomic E-state index is 11.9. The lowest BCUT2D eigenvalue weighted by Crippen LogP contribution is -2.07. The second-order valence-corrected chi connectivity index (χ2v) is 5.93. The van der Waals surface area contributed by atoms with E-state index in [9.17, 15) is 4.79 Å². The van der Waals surface area contributed by atoms with Crippen molar-refractivity contribution in [2.24, 2.45) is 0 Å². The second kappa shape index (κ2) is 8.93. The molecule has 1 N–H and O–H groups in total. The van der Waals surface area contributed by atoms with E-state index in [2.05, 4.69) is 27.9 Å². The highest BCUT2D eigenvalue weighted by Gasteiger charge is 2.05. The van der Waals surface area contributed by atoms with Crippen molar-refractivity contribution in [1.29, 1.82) is 5.26 Å². The summed E-state index contributed by atoms with van der Waals surface area (Å²) in [6, 6.07) is 14.7. The van der Waals surface area contributed by atoms with Gasteiger partial charge in [0, 0.05) is 15.3 Å². The summed E-state index contributed by atoms with van der Waals surface area (Å²) in [6.45, 7) is -0.0516. The summed E-state index contributed by atoms with van der Waals surface area (Å²) in [4.78, 5) is 11.9. The molecule has 0 aliphatic rings. The van der Waals surface area contributed by atoms with E-state index in [1.165, 1.54) is 13.2 Å². The smallest absolute Gasteiger partial charge is 0.248 e. The van der Waals surface area contributed by atoms with Crippen LogP contribution in [0.15, 0.2) is 48.5 Å². The van der Waals surface area contributed by atoms with E-state index in [0.717, 1.165) is 14.8 Å². The third-order valence-corrected chi connectivity index (χ3v) is 3.74. The molecule has 1 amide bonds. The van der Waals surface area contributed by atoms with E-state index >= 15 is 0 Å². The molecule has 6 heteroatoms. The molecule has 122 valence electrons. The number of anilines is 1. The Balaban J connectivity index is 2.03. The van der Waals surface area contributed by atoms with Gasteiger partial charge in [-0.2, -0.15) is 5.26 Å².